The number of fused-ring (bicyclic) bond motifs is 2. The molecule has 3 heterocycles. The van der Waals surface area contributed by atoms with Gasteiger partial charge in [0.2, 0.25) is 5.91 Å². The van der Waals surface area contributed by atoms with Gasteiger partial charge in [-0.15, -0.1) is 11.3 Å². The quantitative estimate of drug-likeness (QED) is 0.734. The molecule has 0 bridgehead atoms. The topological polar surface area (TPSA) is 97.8 Å². The standard InChI is InChI=1S/C21H23N3O5S/c1-3-28-21(27)18-13-7-6-12(2)9-15(13)30-20(18)23-16(25)10-24-17(26)11-29-14-5-4-8-22-19(14)24/h4-5,8,12H,3,6-7,9-11H2,1-2H3,(H,23,25). The predicted molar refractivity (Wildman–Crippen MR) is 112 cm³/mol. The van der Waals surface area contributed by atoms with E-state index in [0.29, 0.717) is 28.0 Å². The van der Waals surface area contributed by atoms with E-state index in [1.54, 1.807) is 25.3 Å². The molecule has 158 valence electrons. The molecule has 2 aliphatic rings. The molecule has 1 aliphatic heterocycles. The number of aromatic nitrogens is 1. The van der Waals surface area contributed by atoms with Crippen LogP contribution in [0.3, 0.4) is 0 Å². The smallest absolute Gasteiger partial charge is 0.341 e. The van der Waals surface area contributed by atoms with Crippen molar-refractivity contribution in [2.75, 3.05) is 30.0 Å². The van der Waals surface area contributed by atoms with Crippen LogP contribution in [0, 0.1) is 5.92 Å². The summed E-state index contributed by atoms with van der Waals surface area (Å²) < 4.78 is 10.6. The zero-order valence-corrected chi connectivity index (χ0v) is 17.7. The molecule has 0 saturated heterocycles. The molecular weight excluding hydrogens is 406 g/mol. The van der Waals surface area contributed by atoms with Gasteiger partial charge in [0, 0.05) is 11.1 Å². The molecule has 2 aromatic heterocycles. The van der Waals surface area contributed by atoms with E-state index in [2.05, 4.69) is 17.2 Å². The molecule has 0 spiro atoms. The Labute approximate surface area is 178 Å². The number of nitrogens with one attached hydrogen (secondary N) is 1. The minimum Gasteiger partial charge on any atom is -0.480 e. The van der Waals surface area contributed by atoms with Crippen LogP contribution in [0.4, 0.5) is 10.8 Å². The number of hydrogen-bond donors (Lipinski definition) is 1. The first-order valence-electron chi connectivity index (χ1n) is 9.97. The van der Waals surface area contributed by atoms with Crippen molar-refractivity contribution in [2.45, 2.75) is 33.1 Å². The van der Waals surface area contributed by atoms with E-state index in [1.165, 1.54) is 16.2 Å². The predicted octanol–water partition coefficient (Wildman–Crippen LogP) is 2.81. The van der Waals surface area contributed by atoms with Gasteiger partial charge in [-0.05, 0) is 49.8 Å². The normalized spacial score (nSPS) is 17.6. The minimum atomic E-state index is -0.422. The summed E-state index contributed by atoms with van der Waals surface area (Å²) in [6.07, 6.45) is 4.20. The highest BCUT2D eigenvalue weighted by atomic mass is 32.1. The molecule has 1 unspecified atom stereocenters. The van der Waals surface area contributed by atoms with Crippen molar-refractivity contribution in [3.63, 3.8) is 0 Å². The Morgan fingerprint density at radius 2 is 2.27 bits per heavy atom. The van der Waals surface area contributed by atoms with Crippen LogP contribution in [0.2, 0.25) is 0 Å². The molecule has 0 saturated carbocycles. The number of ether oxygens (including phenoxy) is 2. The highest BCUT2D eigenvalue weighted by Crippen LogP contribution is 2.40. The van der Waals surface area contributed by atoms with Gasteiger partial charge in [-0.3, -0.25) is 14.5 Å². The molecule has 4 rings (SSSR count). The Kier molecular flexibility index (Phi) is 5.72. The van der Waals surface area contributed by atoms with Crippen LogP contribution < -0.4 is 15.0 Å². The molecule has 2 amide bonds. The highest BCUT2D eigenvalue weighted by molar-refractivity contribution is 7.17. The van der Waals surface area contributed by atoms with E-state index in [1.807, 2.05) is 0 Å². The first kappa shape index (κ1) is 20.3. The minimum absolute atomic E-state index is 0.148. The lowest BCUT2D eigenvalue weighted by Crippen LogP contribution is -2.44. The van der Waals surface area contributed by atoms with Crippen molar-refractivity contribution in [3.8, 4) is 5.75 Å². The summed E-state index contributed by atoms with van der Waals surface area (Å²) in [5, 5.41) is 3.32. The third-order valence-electron chi connectivity index (χ3n) is 5.20. The van der Waals surface area contributed by atoms with Gasteiger partial charge in [0.25, 0.3) is 5.91 Å². The summed E-state index contributed by atoms with van der Waals surface area (Å²) in [4.78, 5) is 44.3. The molecule has 0 fully saturated rings. The lowest BCUT2D eigenvalue weighted by Gasteiger charge is -2.27. The Bertz CT molecular complexity index is 1000. The Hall–Kier alpha value is -2.94. The van der Waals surface area contributed by atoms with Crippen molar-refractivity contribution in [3.05, 3.63) is 34.3 Å². The maximum atomic E-state index is 12.8. The highest BCUT2D eigenvalue weighted by Gasteiger charge is 2.31. The molecule has 2 aromatic rings. The molecule has 1 aliphatic carbocycles. The van der Waals surface area contributed by atoms with Gasteiger partial charge < -0.3 is 14.8 Å². The third kappa shape index (κ3) is 3.89. The van der Waals surface area contributed by atoms with Gasteiger partial charge in [0.15, 0.2) is 18.2 Å². The zero-order valence-electron chi connectivity index (χ0n) is 16.9. The van der Waals surface area contributed by atoms with Gasteiger partial charge in [-0.2, -0.15) is 0 Å². The maximum Gasteiger partial charge on any atom is 0.341 e. The van der Waals surface area contributed by atoms with E-state index in [-0.39, 0.29) is 25.7 Å². The van der Waals surface area contributed by atoms with Gasteiger partial charge in [-0.1, -0.05) is 6.92 Å². The first-order valence-corrected chi connectivity index (χ1v) is 10.8. The number of thiophene rings is 1. The Balaban J connectivity index is 1.58. The van der Waals surface area contributed by atoms with Gasteiger partial charge in [0.1, 0.15) is 11.5 Å². The fourth-order valence-electron chi connectivity index (χ4n) is 3.76. The van der Waals surface area contributed by atoms with Crippen LogP contribution in [0.5, 0.6) is 5.75 Å². The largest absolute Gasteiger partial charge is 0.480 e. The van der Waals surface area contributed by atoms with E-state index >= 15 is 0 Å². The van der Waals surface area contributed by atoms with Gasteiger partial charge in [-0.25, -0.2) is 9.78 Å². The monoisotopic (exact) mass is 429 g/mol. The molecule has 30 heavy (non-hydrogen) atoms. The zero-order chi connectivity index (χ0) is 21.3. The second-order valence-electron chi connectivity index (χ2n) is 7.42. The molecule has 0 aromatic carbocycles. The lowest BCUT2D eigenvalue weighted by atomic mass is 9.88. The van der Waals surface area contributed by atoms with Crippen molar-refractivity contribution in [2.24, 2.45) is 5.92 Å². The molecule has 9 heteroatoms. The number of anilines is 2. The average Bonchev–Trinajstić information content (AvgIpc) is 3.07. The Morgan fingerprint density at radius 1 is 1.43 bits per heavy atom. The fraction of sp³-hybridized carbons (Fsp3) is 0.429. The van der Waals surface area contributed by atoms with E-state index in [0.717, 1.165) is 29.7 Å². The van der Waals surface area contributed by atoms with Crippen molar-refractivity contribution >= 4 is 39.9 Å². The summed E-state index contributed by atoms with van der Waals surface area (Å²) in [5.74, 6) is 0.129. The van der Waals surface area contributed by atoms with Crippen LogP contribution in [-0.2, 0) is 27.2 Å². The van der Waals surface area contributed by atoms with Gasteiger partial charge >= 0.3 is 5.97 Å². The third-order valence-corrected chi connectivity index (χ3v) is 6.37. The number of nitrogens with zero attached hydrogens (tertiary/aromatic N) is 2. The van der Waals surface area contributed by atoms with Crippen LogP contribution >= 0.6 is 11.3 Å². The van der Waals surface area contributed by atoms with Crippen LogP contribution in [0.1, 0.15) is 41.1 Å². The second-order valence-corrected chi connectivity index (χ2v) is 8.52. The molecule has 8 nitrogen and oxygen atoms in total. The van der Waals surface area contributed by atoms with Crippen LogP contribution in [0.15, 0.2) is 18.3 Å². The lowest BCUT2D eigenvalue weighted by molar-refractivity contribution is -0.123. The second kappa shape index (κ2) is 8.43. The van der Waals surface area contributed by atoms with Crippen molar-refractivity contribution in [1.82, 2.24) is 4.98 Å². The van der Waals surface area contributed by atoms with E-state index < -0.39 is 11.9 Å². The summed E-state index contributed by atoms with van der Waals surface area (Å²) >= 11 is 1.42. The molecular formula is C21H23N3O5S. The van der Waals surface area contributed by atoms with Crippen molar-refractivity contribution in [1.29, 1.82) is 0 Å². The number of esters is 1. The van der Waals surface area contributed by atoms with Gasteiger partial charge in [0.05, 0.1) is 12.2 Å². The summed E-state index contributed by atoms with van der Waals surface area (Å²) in [7, 11) is 0. The van der Waals surface area contributed by atoms with E-state index in [9.17, 15) is 14.4 Å². The fourth-order valence-corrected chi connectivity index (χ4v) is 5.18. The van der Waals surface area contributed by atoms with E-state index in [4.69, 9.17) is 9.47 Å². The summed E-state index contributed by atoms with van der Waals surface area (Å²) in [6.45, 7) is 3.83. The van der Waals surface area contributed by atoms with Crippen molar-refractivity contribution < 1.29 is 23.9 Å². The summed E-state index contributed by atoms with van der Waals surface area (Å²) in [5.41, 5.74) is 1.42. The number of carbonyl (C=O) groups is 3. The first-order chi connectivity index (χ1) is 14.5. The Morgan fingerprint density at radius 3 is 3.07 bits per heavy atom. The molecule has 1 atom stereocenters. The molecule has 1 N–H and O–H groups in total. The number of amides is 2. The number of hydrogen-bond acceptors (Lipinski definition) is 7. The van der Waals surface area contributed by atoms with Crippen LogP contribution in [0.25, 0.3) is 0 Å². The maximum absolute atomic E-state index is 12.8. The van der Waals surface area contributed by atoms with Crippen LogP contribution in [-0.4, -0.2) is 42.5 Å². The average molecular weight is 429 g/mol. The number of rotatable bonds is 5. The number of pyridine rings is 1. The number of carbonyl (C=O) groups excluding carboxylic acids is 3. The molecule has 0 radical (unpaired) electrons. The SMILES string of the molecule is CCOC(=O)c1c(NC(=O)CN2C(=O)COc3cccnc32)sc2c1CCC(C)C2. The summed E-state index contributed by atoms with van der Waals surface area (Å²) in [6, 6.07) is 3.41.